The van der Waals surface area contributed by atoms with E-state index in [9.17, 15) is 31.0 Å². The highest BCUT2D eigenvalue weighted by atomic mass is 32.2. The number of benzene rings is 4. The molecule has 0 aliphatic carbocycles. The van der Waals surface area contributed by atoms with Crippen LogP contribution in [0.15, 0.2) is 74.6 Å². The minimum absolute atomic E-state index is 0.0158. The Morgan fingerprint density at radius 1 is 0.821 bits per heavy atom. The number of phenolic OH excluding ortho intramolecular Hbond substituents is 1. The van der Waals surface area contributed by atoms with E-state index >= 15 is 0 Å². The van der Waals surface area contributed by atoms with Crippen LogP contribution in [0.3, 0.4) is 0 Å². The van der Waals surface area contributed by atoms with Crippen molar-refractivity contribution in [1.82, 2.24) is 4.98 Å². The van der Waals surface area contributed by atoms with Gasteiger partial charge in [0.1, 0.15) is 21.3 Å². The van der Waals surface area contributed by atoms with E-state index in [4.69, 9.17) is 4.98 Å². The summed E-state index contributed by atoms with van der Waals surface area (Å²) in [6.07, 6.45) is 0. The highest BCUT2D eigenvalue weighted by molar-refractivity contribution is 7.86. The van der Waals surface area contributed by atoms with Crippen LogP contribution in [-0.2, 0) is 20.2 Å². The zero-order valence-electron chi connectivity index (χ0n) is 20.7. The summed E-state index contributed by atoms with van der Waals surface area (Å²) in [5.74, 6) is -0.454. The molecule has 1 aromatic heterocycles. The number of rotatable bonds is 5. The smallest absolute Gasteiger partial charge is 0.295 e. The maximum atomic E-state index is 12.1. The van der Waals surface area contributed by atoms with Crippen LogP contribution >= 0.6 is 11.3 Å². The molecule has 5 rings (SSSR count). The Balaban J connectivity index is 1.60. The number of nitrogens with zero attached hydrogens (tertiary/aromatic N) is 3. The van der Waals surface area contributed by atoms with E-state index in [-0.39, 0.29) is 16.5 Å². The average molecular weight is 584 g/mol. The van der Waals surface area contributed by atoms with Gasteiger partial charge in [0, 0.05) is 10.9 Å². The van der Waals surface area contributed by atoms with Gasteiger partial charge in [0.15, 0.2) is 0 Å². The molecule has 0 spiro atoms. The van der Waals surface area contributed by atoms with Crippen molar-refractivity contribution in [3.8, 4) is 16.3 Å². The maximum Gasteiger partial charge on any atom is 0.295 e. The van der Waals surface area contributed by atoms with Crippen molar-refractivity contribution in [2.24, 2.45) is 10.2 Å². The van der Waals surface area contributed by atoms with Gasteiger partial charge in [-0.05, 0) is 85.3 Å². The van der Waals surface area contributed by atoms with Crippen LogP contribution in [0.2, 0.25) is 0 Å². The van der Waals surface area contributed by atoms with Gasteiger partial charge in [0.25, 0.3) is 20.2 Å². The van der Waals surface area contributed by atoms with E-state index in [0.29, 0.717) is 11.8 Å². The molecular formula is C26H21N3O7S3. The number of aromatic hydroxyl groups is 1. The van der Waals surface area contributed by atoms with Crippen LogP contribution in [0.25, 0.3) is 31.6 Å². The fourth-order valence-corrected chi connectivity index (χ4v) is 6.83. The van der Waals surface area contributed by atoms with Gasteiger partial charge in [-0.3, -0.25) is 9.11 Å². The molecule has 0 aliphatic rings. The zero-order valence-corrected chi connectivity index (χ0v) is 23.2. The van der Waals surface area contributed by atoms with Crippen LogP contribution < -0.4 is 0 Å². The van der Waals surface area contributed by atoms with Gasteiger partial charge in [0.05, 0.1) is 20.8 Å². The number of azo groups is 1. The third kappa shape index (κ3) is 5.14. The molecule has 0 saturated carbocycles. The molecule has 3 N–H and O–H groups in total. The second-order valence-corrected chi connectivity index (χ2v) is 12.9. The lowest BCUT2D eigenvalue weighted by molar-refractivity contribution is 0.477. The molecule has 39 heavy (non-hydrogen) atoms. The Bertz CT molecular complexity index is 2070. The summed E-state index contributed by atoms with van der Waals surface area (Å²) in [5.41, 5.74) is 4.92. The van der Waals surface area contributed by atoms with Gasteiger partial charge in [-0.15, -0.1) is 16.5 Å². The molecule has 0 fully saturated rings. The Hall–Kier alpha value is -3.75. The minimum Gasteiger partial charge on any atom is -0.506 e. The van der Waals surface area contributed by atoms with E-state index in [1.807, 2.05) is 32.9 Å². The number of hydrogen-bond acceptors (Lipinski definition) is 9. The first kappa shape index (κ1) is 26.8. The molecule has 4 aromatic carbocycles. The van der Waals surface area contributed by atoms with E-state index < -0.39 is 35.8 Å². The summed E-state index contributed by atoms with van der Waals surface area (Å²) in [5, 5.41) is 19.3. The standard InChI is InChI=1S/C26H21N3O7S3/c1-13-8-15(3)24-21(9-13)37-26(27-24)17-4-6-19(14(2)10-17)28-29-25-20(30)7-5-16-11-18(38(31,32)33)12-22(23(16)25)39(34,35)36/h4-12,30H,1-3H3,(H,31,32,33)(H,34,35,36). The van der Waals surface area contributed by atoms with E-state index in [2.05, 4.69) is 22.4 Å². The fraction of sp³-hybridized carbons (Fsp3) is 0.115. The Labute approximate surface area is 227 Å². The number of hydrogen-bond donors (Lipinski definition) is 3. The molecule has 0 saturated heterocycles. The summed E-state index contributed by atoms with van der Waals surface area (Å²) in [4.78, 5) is 3.18. The van der Waals surface area contributed by atoms with Crippen LogP contribution in [0.1, 0.15) is 16.7 Å². The lowest BCUT2D eigenvalue weighted by Gasteiger charge is -2.10. The molecule has 1 heterocycles. The van der Waals surface area contributed by atoms with Gasteiger partial charge in [0.2, 0.25) is 0 Å². The molecule has 10 nitrogen and oxygen atoms in total. The predicted molar refractivity (Wildman–Crippen MR) is 149 cm³/mol. The van der Waals surface area contributed by atoms with E-state index in [0.717, 1.165) is 43.5 Å². The molecule has 0 bridgehead atoms. The molecule has 0 amide bonds. The van der Waals surface area contributed by atoms with Gasteiger partial charge in [-0.25, -0.2) is 4.98 Å². The molecule has 0 atom stereocenters. The molecular weight excluding hydrogens is 563 g/mol. The topological polar surface area (TPSA) is 167 Å². The average Bonchev–Trinajstić information content (AvgIpc) is 3.27. The molecule has 200 valence electrons. The Kier molecular flexibility index (Phi) is 6.51. The minimum atomic E-state index is -4.99. The van der Waals surface area contributed by atoms with Crippen LogP contribution in [-0.4, -0.2) is 36.0 Å². The monoisotopic (exact) mass is 583 g/mol. The van der Waals surface area contributed by atoms with E-state index in [1.165, 1.54) is 12.1 Å². The second-order valence-electron chi connectivity index (χ2n) is 9.05. The second kappa shape index (κ2) is 9.47. The summed E-state index contributed by atoms with van der Waals surface area (Å²) in [6, 6.07) is 13.6. The highest BCUT2D eigenvalue weighted by Gasteiger charge is 2.24. The first-order valence-corrected chi connectivity index (χ1v) is 15.1. The third-order valence-corrected chi connectivity index (χ3v) is 8.87. The van der Waals surface area contributed by atoms with Crippen LogP contribution in [0.5, 0.6) is 5.75 Å². The number of fused-ring (bicyclic) bond motifs is 2. The van der Waals surface area contributed by atoms with Crippen molar-refractivity contribution in [3.05, 3.63) is 71.3 Å². The highest BCUT2D eigenvalue weighted by Crippen LogP contribution is 2.41. The Morgan fingerprint density at radius 3 is 2.23 bits per heavy atom. The normalized spacial score (nSPS) is 12.6. The Morgan fingerprint density at radius 2 is 1.56 bits per heavy atom. The van der Waals surface area contributed by atoms with E-state index in [1.54, 1.807) is 17.4 Å². The lowest BCUT2D eigenvalue weighted by atomic mass is 10.1. The first-order chi connectivity index (χ1) is 18.2. The number of thiazole rings is 1. The van der Waals surface area contributed by atoms with Crippen molar-refractivity contribution in [1.29, 1.82) is 0 Å². The van der Waals surface area contributed by atoms with Gasteiger partial charge in [-0.2, -0.15) is 21.9 Å². The third-order valence-electron chi connectivity index (χ3n) is 6.11. The quantitative estimate of drug-likeness (QED) is 0.153. The molecule has 0 aliphatic heterocycles. The predicted octanol–water partition coefficient (Wildman–Crippen LogP) is 6.66. The zero-order chi connectivity index (χ0) is 28.3. The van der Waals surface area contributed by atoms with Crippen molar-refractivity contribution >= 4 is 63.9 Å². The first-order valence-electron chi connectivity index (χ1n) is 11.4. The SMILES string of the molecule is Cc1cc(C)c2nc(-c3ccc(N=Nc4c(O)ccc5cc(S(=O)(=O)O)cc(S(=O)(=O)O)c45)c(C)c3)sc2c1. The molecule has 5 aromatic rings. The maximum absolute atomic E-state index is 12.1. The largest absolute Gasteiger partial charge is 0.506 e. The van der Waals surface area contributed by atoms with Crippen molar-refractivity contribution < 1.29 is 31.0 Å². The summed E-state index contributed by atoms with van der Waals surface area (Å²) in [6.45, 7) is 5.87. The molecule has 0 unspecified atom stereocenters. The van der Waals surface area contributed by atoms with Gasteiger partial charge >= 0.3 is 0 Å². The van der Waals surface area contributed by atoms with Crippen molar-refractivity contribution in [2.45, 2.75) is 30.6 Å². The van der Waals surface area contributed by atoms with Gasteiger partial charge < -0.3 is 5.11 Å². The summed E-state index contributed by atoms with van der Waals surface area (Å²) in [7, 11) is -9.79. The number of phenols is 1. The van der Waals surface area contributed by atoms with Crippen molar-refractivity contribution in [2.75, 3.05) is 0 Å². The van der Waals surface area contributed by atoms with Gasteiger partial charge in [-0.1, -0.05) is 12.1 Å². The lowest BCUT2D eigenvalue weighted by Crippen LogP contribution is -2.04. The molecule has 0 radical (unpaired) electrons. The summed E-state index contributed by atoms with van der Waals surface area (Å²) < 4.78 is 67.8. The summed E-state index contributed by atoms with van der Waals surface area (Å²) >= 11 is 1.57. The number of aromatic nitrogens is 1. The van der Waals surface area contributed by atoms with Crippen molar-refractivity contribution in [3.63, 3.8) is 0 Å². The number of aryl methyl sites for hydroxylation is 3. The molecule has 13 heteroatoms. The van der Waals surface area contributed by atoms with Crippen LogP contribution in [0, 0.1) is 20.8 Å². The van der Waals surface area contributed by atoms with Crippen LogP contribution in [0.4, 0.5) is 11.4 Å². The fourth-order valence-electron chi connectivity index (χ4n) is 4.32.